The minimum absolute atomic E-state index is 0.323. The van der Waals surface area contributed by atoms with E-state index < -0.39 is 18.4 Å². The summed E-state index contributed by atoms with van der Waals surface area (Å²) in [6.45, 7) is 6.80. The molecule has 0 radical (unpaired) electrons. The monoisotopic (exact) mass is 248 g/mol. The van der Waals surface area contributed by atoms with Gasteiger partial charge in [-0.05, 0) is 13.0 Å². The van der Waals surface area contributed by atoms with Gasteiger partial charge in [0, 0.05) is 6.92 Å². The highest BCUT2D eigenvalue weighted by Crippen LogP contribution is 2.03. The lowest BCUT2D eigenvalue weighted by Crippen LogP contribution is -2.22. The Morgan fingerprint density at radius 3 is 2.53 bits per heavy atom. The zero-order valence-corrected chi connectivity index (χ0v) is 9.80. The summed E-state index contributed by atoms with van der Waals surface area (Å²) in [7, 11) is 0. The number of esters is 1. The van der Waals surface area contributed by atoms with Crippen LogP contribution in [0.25, 0.3) is 0 Å². The number of hydrogen-bond donors (Lipinski definition) is 1. The van der Waals surface area contributed by atoms with Crippen molar-refractivity contribution < 1.29 is 33.9 Å². The highest BCUT2D eigenvalue weighted by molar-refractivity contribution is 5.85. The van der Waals surface area contributed by atoms with Gasteiger partial charge in [-0.2, -0.15) is 4.89 Å². The van der Waals surface area contributed by atoms with E-state index in [2.05, 4.69) is 25.8 Å². The van der Waals surface area contributed by atoms with Gasteiger partial charge in [0.2, 0.25) is 12.0 Å². The van der Waals surface area contributed by atoms with Gasteiger partial charge < -0.3 is 19.5 Å². The second-order valence-corrected chi connectivity index (χ2v) is 3.04. The van der Waals surface area contributed by atoms with Crippen LogP contribution in [0.2, 0.25) is 0 Å². The summed E-state index contributed by atoms with van der Waals surface area (Å²) in [5, 5.41) is 8.24. The highest BCUT2D eigenvalue weighted by Gasteiger charge is 2.17. The van der Waals surface area contributed by atoms with Gasteiger partial charge in [-0.15, -0.1) is 0 Å². The predicted molar refractivity (Wildman–Crippen MR) is 55.7 cm³/mol. The fourth-order valence-electron chi connectivity index (χ4n) is 0.733. The smallest absolute Gasteiger partial charge is 0.450 e. The van der Waals surface area contributed by atoms with E-state index in [1.807, 2.05) is 6.92 Å². The summed E-state index contributed by atoms with van der Waals surface area (Å²) in [5.74, 6) is -1.32. The van der Waals surface area contributed by atoms with Crippen molar-refractivity contribution in [3.05, 3.63) is 12.3 Å². The van der Waals surface area contributed by atoms with Crippen molar-refractivity contribution in [1.29, 1.82) is 0 Å². The van der Waals surface area contributed by atoms with E-state index >= 15 is 0 Å². The average molecular weight is 248 g/mol. The number of hydrogen-bond acceptors (Lipinski definition) is 6. The molecule has 0 rings (SSSR count). The molecule has 1 unspecified atom stereocenters. The van der Waals surface area contributed by atoms with Gasteiger partial charge in [0.15, 0.2) is 0 Å². The van der Waals surface area contributed by atoms with E-state index in [0.29, 0.717) is 6.61 Å². The number of carbonyl (C=O) groups excluding carboxylic acids is 1. The molecule has 0 bridgehead atoms. The third-order valence-electron chi connectivity index (χ3n) is 1.51. The van der Waals surface area contributed by atoms with Crippen LogP contribution in [0.15, 0.2) is 12.3 Å². The normalized spacial score (nSPS) is 11.4. The van der Waals surface area contributed by atoms with Crippen LogP contribution >= 0.6 is 0 Å². The van der Waals surface area contributed by atoms with Crippen molar-refractivity contribution in [1.82, 2.24) is 0 Å². The molecule has 0 aliphatic rings. The van der Waals surface area contributed by atoms with Crippen LogP contribution in [0.3, 0.4) is 0 Å². The van der Waals surface area contributed by atoms with Crippen molar-refractivity contribution in [2.24, 2.45) is 0 Å². The van der Waals surface area contributed by atoms with E-state index in [1.54, 1.807) is 0 Å². The Hall–Kier alpha value is -1.76. The maximum atomic E-state index is 11.2. The first-order valence-electron chi connectivity index (χ1n) is 5.06. The topological polar surface area (TPSA) is 91.3 Å². The largest absolute Gasteiger partial charge is 0.508 e. The molecule has 0 fully saturated rings. The fraction of sp³-hybridized carbons (Fsp3) is 0.600. The molecule has 7 nitrogen and oxygen atoms in total. The van der Waals surface area contributed by atoms with Crippen molar-refractivity contribution >= 4 is 12.1 Å². The molecule has 1 atom stereocenters. The first-order valence-corrected chi connectivity index (χ1v) is 5.06. The Labute approximate surface area is 98.8 Å². The number of carboxylic acid groups (broad SMARTS) is 1. The average Bonchev–Trinajstić information content (AvgIpc) is 2.22. The number of ether oxygens (including phenoxy) is 2. The molecule has 0 aromatic heterocycles. The summed E-state index contributed by atoms with van der Waals surface area (Å²) in [6.07, 6.45) is -1.09. The lowest BCUT2D eigenvalue weighted by atomic mass is 10.4. The van der Waals surface area contributed by atoms with Gasteiger partial charge in [-0.1, -0.05) is 13.3 Å². The Kier molecular flexibility index (Phi) is 7.53. The number of rotatable bonds is 8. The molecule has 0 spiro atoms. The van der Waals surface area contributed by atoms with E-state index in [4.69, 9.17) is 5.11 Å². The molecule has 0 saturated carbocycles. The number of carbonyl (C=O) groups is 2. The molecule has 7 heteroatoms. The van der Waals surface area contributed by atoms with E-state index in [-0.39, 0.29) is 5.76 Å². The Morgan fingerprint density at radius 2 is 2.00 bits per heavy atom. The minimum atomic E-state index is -1.55. The third-order valence-corrected chi connectivity index (χ3v) is 1.51. The van der Waals surface area contributed by atoms with Crippen molar-refractivity contribution in [3.8, 4) is 0 Å². The van der Waals surface area contributed by atoms with Gasteiger partial charge in [-0.25, -0.2) is 9.59 Å². The molecule has 0 amide bonds. The zero-order valence-electron chi connectivity index (χ0n) is 9.80. The van der Waals surface area contributed by atoms with Crippen LogP contribution in [-0.4, -0.2) is 30.1 Å². The Morgan fingerprint density at radius 1 is 1.35 bits per heavy atom. The lowest BCUT2D eigenvalue weighted by molar-refractivity contribution is -0.266. The van der Waals surface area contributed by atoms with E-state index in [1.165, 1.54) is 6.92 Å². The van der Waals surface area contributed by atoms with Crippen LogP contribution in [0, 0.1) is 0 Å². The van der Waals surface area contributed by atoms with Crippen LogP contribution in [0.5, 0.6) is 0 Å². The first-order chi connectivity index (χ1) is 7.97. The van der Waals surface area contributed by atoms with Crippen LogP contribution in [0.1, 0.15) is 26.7 Å². The SMILES string of the molecule is C=C(OOCCCC)C(=O)OC(C)OC(=O)O. The number of unbranched alkanes of at least 4 members (excludes halogenated alkanes) is 1. The Bertz CT molecular complexity index is 274. The summed E-state index contributed by atoms with van der Waals surface area (Å²) < 4.78 is 8.68. The standard InChI is InChI=1S/C10H16O7/c1-4-5-6-14-17-7(2)9(11)15-8(3)16-10(12)13/h8H,2,4-6H2,1,3H3,(H,12,13). The maximum Gasteiger partial charge on any atom is 0.508 e. The van der Waals surface area contributed by atoms with Crippen LogP contribution in [-0.2, 0) is 24.0 Å². The van der Waals surface area contributed by atoms with Crippen molar-refractivity contribution in [3.63, 3.8) is 0 Å². The molecule has 98 valence electrons. The minimum Gasteiger partial charge on any atom is -0.450 e. The van der Waals surface area contributed by atoms with Crippen molar-refractivity contribution in [2.45, 2.75) is 33.0 Å². The molecule has 0 heterocycles. The fourth-order valence-corrected chi connectivity index (χ4v) is 0.733. The van der Waals surface area contributed by atoms with Gasteiger partial charge in [0.1, 0.15) is 0 Å². The summed E-state index contributed by atoms with van der Waals surface area (Å²) in [6, 6.07) is 0. The second kappa shape index (κ2) is 8.40. The quantitative estimate of drug-likeness (QED) is 0.133. The van der Waals surface area contributed by atoms with Gasteiger partial charge >= 0.3 is 12.1 Å². The maximum absolute atomic E-state index is 11.2. The Balaban J connectivity index is 3.81. The molecule has 17 heavy (non-hydrogen) atoms. The van der Waals surface area contributed by atoms with Crippen LogP contribution in [0.4, 0.5) is 4.79 Å². The predicted octanol–water partition coefficient (Wildman–Crippen LogP) is 1.83. The first kappa shape index (κ1) is 15.2. The molecule has 0 aromatic carbocycles. The molecular formula is C10H16O7. The zero-order chi connectivity index (χ0) is 13.3. The summed E-state index contributed by atoms with van der Waals surface area (Å²) >= 11 is 0. The lowest BCUT2D eigenvalue weighted by Gasteiger charge is -2.12. The van der Waals surface area contributed by atoms with Gasteiger partial charge in [0.05, 0.1) is 6.61 Å². The van der Waals surface area contributed by atoms with Crippen LogP contribution < -0.4 is 0 Å². The van der Waals surface area contributed by atoms with E-state index in [0.717, 1.165) is 12.8 Å². The molecule has 1 N–H and O–H groups in total. The third kappa shape index (κ3) is 8.09. The van der Waals surface area contributed by atoms with Crippen molar-refractivity contribution in [2.75, 3.05) is 6.61 Å². The molecule has 0 saturated heterocycles. The summed E-state index contributed by atoms with van der Waals surface area (Å²) in [4.78, 5) is 30.5. The second-order valence-electron chi connectivity index (χ2n) is 3.04. The summed E-state index contributed by atoms with van der Waals surface area (Å²) in [5.41, 5.74) is 0. The highest BCUT2D eigenvalue weighted by atomic mass is 17.2. The molecule has 0 aliphatic heterocycles. The van der Waals surface area contributed by atoms with Gasteiger partial charge in [-0.3, -0.25) is 0 Å². The van der Waals surface area contributed by atoms with Gasteiger partial charge in [0.25, 0.3) is 0 Å². The molecular weight excluding hydrogens is 232 g/mol. The molecule has 0 aliphatic carbocycles. The molecule has 0 aromatic rings. The van der Waals surface area contributed by atoms with E-state index in [9.17, 15) is 9.59 Å².